The monoisotopic (exact) mass is 317 g/mol. The third-order valence-electron chi connectivity index (χ3n) is 2.38. The van der Waals surface area contributed by atoms with Crippen LogP contribution in [0.5, 0.6) is 0 Å². The summed E-state index contributed by atoms with van der Waals surface area (Å²) in [5.41, 5.74) is 1.70. The molecule has 0 unspecified atom stereocenters. The van der Waals surface area contributed by atoms with Crippen molar-refractivity contribution in [3.63, 3.8) is 0 Å². The summed E-state index contributed by atoms with van der Waals surface area (Å²) in [7, 11) is 0. The van der Waals surface area contributed by atoms with Crippen molar-refractivity contribution < 1.29 is 4.79 Å². The number of nitrogens with one attached hydrogen (secondary N) is 1. The third kappa shape index (κ3) is 3.99. The van der Waals surface area contributed by atoms with E-state index >= 15 is 0 Å². The molecule has 0 bridgehead atoms. The summed E-state index contributed by atoms with van der Waals surface area (Å²) >= 11 is 3.36. The van der Waals surface area contributed by atoms with Crippen LogP contribution >= 0.6 is 15.9 Å². The van der Waals surface area contributed by atoms with Crippen molar-refractivity contribution in [2.75, 3.05) is 5.32 Å². The lowest BCUT2D eigenvalue weighted by Crippen LogP contribution is -2.09. The highest BCUT2D eigenvalue weighted by atomic mass is 79.9. The number of rotatable bonds is 3. The molecule has 1 N–H and O–H groups in total. The molecule has 0 fully saturated rings. The van der Waals surface area contributed by atoms with Gasteiger partial charge in [0.2, 0.25) is 5.91 Å². The predicted molar refractivity (Wildman–Crippen MR) is 78.6 cm³/mol. The number of aromatic nitrogens is 2. The topological polar surface area (TPSA) is 54.9 Å². The van der Waals surface area contributed by atoms with Gasteiger partial charge in [0.05, 0.1) is 5.69 Å². The van der Waals surface area contributed by atoms with Crippen LogP contribution in [-0.2, 0) is 4.79 Å². The molecule has 0 saturated heterocycles. The van der Waals surface area contributed by atoms with Crippen molar-refractivity contribution in [2.24, 2.45) is 0 Å². The Morgan fingerprint density at radius 1 is 1.37 bits per heavy atom. The van der Waals surface area contributed by atoms with Crippen molar-refractivity contribution in [1.29, 1.82) is 0 Å². The standard InChI is InChI=1S/C14H12BrN3O/c1-10-12(15)5-6-13(17-10)18-14(19)7-4-11-3-2-8-16-9-11/h2-9H,1H3,(H,17,18,19). The molecule has 0 atom stereocenters. The average molecular weight is 318 g/mol. The second-order valence-corrected chi connectivity index (χ2v) is 4.73. The normalized spacial score (nSPS) is 10.6. The fourth-order valence-electron chi connectivity index (χ4n) is 1.43. The summed E-state index contributed by atoms with van der Waals surface area (Å²) in [6.45, 7) is 1.87. The Balaban J connectivity index is 2.01. The lowest BCUT2D eigenvalue weighted by Gasteiger charge is -2.03. The second kappa shape index (κ2) is 6.24. The highest BCUT2D eigenvalue weighted by Crippen LogP contribution is 2.16. The van der Waals surface area contributed by atoms with Crippen molar-refractivity contribution in [2.45, 2.75) is 6.92 Å². The molecule has 5 heteroatoms. The summed E-state index contributed by atoms with van der Waals surface area (Å²) in [6.07, 6.45) is 6.53. The van der Waals surface area contributed by atoms with Gasteiger partial charge in [-0.2, -0.15) is 0 Å². The molecule has 1 amide bonds. The minimum Gasteiger partial charge on any atom is -0.307 e. The van der Waals surface area contributed by atoms with Crippen LogP contribution in [0, 0.1) is 6.92 Å². The van der Waals surface area contributed by atoms with E-state index in [0.717, 1.165) is 15.7 Å². The number of carbonyl (C=O) groups excluding carboxylic acids is 1. The number of nitrogens with zero attached hydrogens (tertiary/aromatic N) is 2. The Labute approximate surface area is 119 Å². The summed E-state index contributed by atoms with van der Waals surface area (Å²) < 4.78 is 0.913. The summed E-state index contributed by atoms with van der Waals surface area (Å²) in [5, 5.41) is 2.70. The molecule has 0 spiro atoms. The summed E-state index contributed by atoms with van der Waals surface area (Å²) in [6, 6.07) is 7.28. The van der Waals surface area contributed by atoms with E-state index in [1.54, 1.807) is 24.5 Å². The summed E-state index contributed by atoms with van der Waals surface area (Å²) in [5.74, 6) is 0.305. The van der Waals surface area contributed by atoms with E-state index in [2.05, 4.69) is 31.2 Å². The van der Waals surface area contributed by atoms with E-state index in [-0.39, 0.29) is 5.91 Å². The number of aryl methyl sites for hydroxylation is 1. The van der Waals surface area contributed by atoms with Crippen LogP contribution in [0.2, 0.25) is 0 Å². The molecule has 0 saturated carbocycles. The Hall–Kier alpha value is -2.01. The van der Waals surface area contributed by atoms with Crippen LogP contribution < -0.4 is 5.32 Å². The van der Waals surface area contributed by atoms with E-state index in [1.165, 1.54) is 6.08 Å². The van der Waals surface area contributed by atoms with Gasteiger partial charge in [0.25, 0.3) is 0 Å². The van der Waals surface area contributed by atoms with Gasteiger partial charge in [-0.1, -0.05) is 6.07 Å². The number of amides is 1. The van der Waals surface area contributed by atoms with Crippen molar-refractivity contribution >= 4 is 33.7 Å². The molecule has 96 valence electrons. The fourth-order valence-corrected chi connectivity index (χ4v) is 1.65. The molecule has 0 radical (unpaired) electrons. The van der Waals surface area contributed by atoms with Crippen LogP contribution in [0.3, 0.4) is 0 Å². The van der Waals surface area contributed by atoms with E-state index in [1.807, 2.05) is 25.1 Å². The van der Waals surface area contributed by atoms with Crippen molar-refractivity contribution in [1.82, 2.24) is 9.97 Å². The van der Waals surface area contributed by atoms with Crippen LogP contribution in [0.1, 0.15) is 11.3 Å². The molecule has 2 aromatic heterocycles. The number of hydrogen-bond acceptors (Lipinski definition) is 3. The van der Waals surface area contributed by atoms with E-state index in [9.17, 15) is 4.79 Å². The maximum Gasteiger partial charge on any atom is 0.249 e. The van der Waals surface area contributed by atoms with Crippen LogP contribution in [0.15, 0.2) is 47.2 Å². The SMILES string of the molecule is Cc1nc(NC(=O)C=Cc2cccnc2)ccc1Br. The Bertz CT molecular complexity index is 611. The molecule has 0 aliphatic rings. The van der Waals surface area contributed by atoms with E-state index in [0.29, 0.717) is 5.82 Å². The fraction of sp³-hybridized carbons (Fsp3) is 0.0714. The number of carbonyl (C=O) groups is 1. The number of halogens is 1. The predicted octanol–water partition coefficient (Wildman–Crippen LogP) is 3.20. The molecule has 0 aliphatic carbocycles. The van der Waals surface area contributed by atoms with Gasteiger partial charge < -0.3 is 5.32 Å². The zero-order valence-electron chi connectivity index (χ0n) is 10.3. The molecule has 2 aromatic rings. The molecule has 0 aromatic carbocycles. The third-order valence-corrected chi connectivity index (χ3v) is 3.22. The first kappa shape index (κ1) is 13.4. The molecule has 2 rings (SSSR count). The van der Waals surface area contributed by atoms with Gasteiger partial charge >= 0.3 is 0 Å². The summed E-state index contributed by atoms with van der Waals surface area (Å²) in [4.78, 5) is 19.9. The lowest BCUT2D eigenvalue weighted by molar-refractivity contribution is -0.111. The maximum absolute atomic E-state index is 11.7. The van der Waals surface area contributed by atoms with Gasteiger partial charge in [-0.15, -0.1) is 0 Å². The Kier molecular flexibility index (Phi) is 4.41. The Morgan fingerprint density at radius 2 is 2.21 bits per heavy atom. The van der Waals surface area contributed by atoms with Gasteiger partial charge in [0.1, 0.15) is 5.82 Å². The molecule has 0 aliphatic heterocycles. The number of anilines is 1. The van der Waals surface area contributed by atoms with Gasteiger partial charge in [-0.05, 0) is 52.7 Å². The maximum atomic E-state index is 11.7. The second-order valence-electron chi connectivity index (χ2n) is 3.87. The molecule has 4 nitrogen and oxygen atoms in total. The Morgan fingerprint density at radius 3 is 2.89 bits per heavy atom. The first-order valence-corrected chi connectivity index (χ1v) is 6.47. The molecule has 19 heavy (non-hydrogen) atoms. The van der Waals surface area contributed by atoms with E-state index < -0.39 is 0 Å². The number of hydrogen-bond donors (Lipinski definition) is 1. The largest absolute Gasteiger partial charge is 0.307 e. The minimum absolute atomic E-state index is 0.224. The van der Waals surface area contributed by atoms with Crippen LogP contribution in [0.4, 0.5) is 5.82 Å². The number of pyridine rings is 2. The van der Waals surface area contributed by atoms with Gasteiger partial charge in [-0.25, -0.2) is 4.98 Å². The van der Waals surface area contributed by atoms with Crippen molar-refractivity contribution in [3.8, 4) is 0 Å². The van der Waals surface area contributed by atoms with Gasteiger partial charge in [-0.3, -0.25) is 9.78 Å². The quantitative estimate of drug-likeness (QED) is 0.884. The first-order chi connectivity index (χ1) is 9.15. The van der Waals surface area contributed by atoms with Crippen LogP contribution in [0.25, 0.3) is 6.08 Å². The zero-order chi connectivity index (χ0) is 13.7. The molecular formula is C14H12BrN3O. The van der Waals surface area contributed by atoms with Crippen LogP contribution in [-0.4, -0.2) is 15.9 Å². The molecular weight excluding hydrogens is 306 g/mol. The minimum atomic E-state index is -0.224. The molecule has 2 heterocycles. The van der Waals surface area contributed by atoms with E-state index in [4.69, 9.17) is 0 Å². The van der Waals surface area contributed by atoms with Gasteiger partial charge in [0, 0.05) is 22.9 Å². The average Bonchev–Trinajstić information content (AvgIpc) is 2.42. The van der Waals surface area contributed by atoms with Crippen molar-refractivity contribution in [3.05, 3.63) is 58.5 Å². The highest BCUT2D eigenvalue weighted by molar-refractivity contribution is 9.10. The smallest absolute Gasteiger partial charge is 0.249 e. The highest BCUT2D eigenvalue weighted by Gasteiger charge is 2.01. The van der Waals surface area contributed by atoms with Gasteiger partial charge in [0.15, 0.2) is 0 Å². The zero-order valence-corrected chi connectivity index (χ0v) is 11.9. The first-order valence-electron chi connectivity index (χ1n) is 5.67. The lowest BCUT2D eigenvalue weighted by atomic mass is 10.2.